The van der Waals surface area contributed by atoms with Crippen molar-refractivity contribution >= 4 is 29.4 Å². The van der Waals surface area contributed by atoms with Crippen LogP contribution in [0.1, 0.15) is 15.9 Å². The lowest BCUT2D eigenvalue weighted by Gasteiger charge is -2.03. The van der Waals surface area contributed by atoms with Crippen molar-refractivity contribution in [2.75, 3.05) is 13.4 Å². The summed E-state index contributed by atoms with van der Waals surface area (Å²) >= 11 is 5.98. The van der Waals surface area contributed by atoms with E-state index in [1.165, 1.54) is 12.2 Å². The Morgan fingerprint density at radius 2 is 1.92 bits per heavy atom. The lowest BCUT2D eigenvalue weighted by atomic mass is 10.1. The van der Waals surface area contributed by atoms with Crippen molar-refractivity contribution in [3.05, 3.63) is 64.7 Å². The zero-order valence-corrected chi connectivity index (χ0v) is 13.3. The third kappa shape index (κ3) is 3.75. The van der Waals surface area contributed by atoms with E-state index in [1.54, 1.807) is 42.5 Å². The second-order valence-corrected chi connectivity index (χ2v) is 5.36. The molecule has 0 saturated heterocycles. The lowest BCUT2D eigenvalue weighted by molar-refractivity contribution is -0.136. The standard InChI is InChI=1S/C18H13ClO5/c19-14-4-2-1-3-12(14)6-8-18(21)22-10-15(20)13-5-7-16-17(9-13)24-11-23-16/h1-9H,10-11H2/b8-6+. The van der Waals surface area contributed by atoms with Gasteiger partial charge in [0.15, 0.2) is 23.9 Å². The summed E-state index contributed by atoms with van der Waals surface area (Å²) in [5.41, 5.74) is 1.08. The van der Waals surface area contributed by atoms with E-state index in [-0.39, 0.29) is 19.2 Å². The van der Waals surface area contributed by atoms with Crippen LogP contribution in [0.4, 0.5) is 0 Å². The Morgan fingerprint density at radius 3 is 2.75 bits per heavy atom. The third-order valence-electron chi connectivity index (χ3n) is 3.34. The predicted octanol–water partition coefficient (Wildman–Crippen LogP) is 3.51. The molecule has 0 bridgehead atoms. The molecule has 3 rings (SSSR count). The summed E-state index contributed by atoms with van der Waals surface area (Å²) in [4.78, 5) is 23.8. The lowest BCUT2D eigenvalue weighted by Crippen LogP contribution is -2.12. The van der Waals surface area contributed by atoms with Crippen LogP contribution < -0.4 is 9.47 Å². The van der Waals surface area contributed by atoms with Gasteiger partial charge in [0.05, 0.1) is 0 Å². The molecule has 0 radical (unpaired) electrons. The first-order valence-electron chi connectivity index (χ1n) is 7.16. The maximum absolute atomic E-state index is 12.1. The monoisotopic (exact) mass is 344 g/mol. The average molecular weight is 345 g/mol. The molecule has 0 aromatic heterocycles. The van der Waals surface area contributed by atoms with Crippen molar-refractivity contribution in [2.24, 2.45) is 0 Å². The summed E-state index contributed by atoms with van der Waals surface area (Å²) in [6.45, 7) is -0.222. The van der Waals surface area contributed by atoms with E-state index < -0.39 is 5.97 Å². The molecule has 122 valence electrons. The number of carbonyl (C=O) groups excluding carboxylic acids is 2. The van der Waals surface area contributed by atoms with Crippen LogP contribution in [0, 0.1) is 0 Å². The Balaban J connectivity index is 1.56. The number of Topliss-reactive ketones (excluding diaryl/α,β-unsaturated/α-hetero) is 1. The molecule has 0 unspecified atom stereocenters. The van der Waals surface area contributed by atoms with Crippen molar-refractivity contribution < 1.29 is 23.8 Å². The Labute approximate surface area is 143 Å². The number of hydrogen-bond acceptors (Lipinski definition) is 5. The number of fused-ring (bicyclic) bond motifs is 1. The van der Waals surface area contributed by atoms with Gasteiger partial charge in [-0.2, -0.15) is 0 Å². The quantitative estimate of drug-likeness (QED) is 0.472. The molecule has 1 heterocycles. The molecule has 0 aliphatic carbocycles. The van der Waals surface area contributed by atoms with E-state index >= 15 is 0 Å². The van der Waals surface area contributed by atoms with Crippen molar-refractivity contribution in [1.82, 2.24) is 0 Å². The molecule has 2 aromatic carbocycles. The zero-order chi connectivity index (χ0) is 16.9. The highest BCUT2D eigenvalue weighted by atomic mass is 35.5. The second kappa shape index (κ2) is 7.19. The highest BCUT2D eigenvalue weighted by Gasteiger charge is 2.16. The first-order chi connectivity index (χ1) is 11.6. The maximum atomic E-state index is 12.1. The predicted molar refractivity (Wildman–Crippen MR) is 88.3 cm³/mol. The molecular formula is C18H13ClO5. The second-order valence-electron chi connectivity index (χ2n) is 4.95. The number of hydrogen-bond donors (Lipinski definition) is 0. The van der Waals surface area contributed by atoms with E-state index in [9.17, 15) is 9.59 Å². The molecule has 2 aromatic rings. The van der Waals surface area contributed by atoms with Crippen LogP contribution in [0.3, 0.4) is 0 Å². The zero-order valence-electron chi connectivity index (χ0n) is 12.5. The maximum Gasteiger partial charge on any atom is 0.331 e. The fourth-order valence-electron chi connectivity index (χ4n) is 2.11. The highest BCUT2D eigenvalue weighted by molar-refractivity contribution is 6.32. The molecule has 0 saturated carbocycles. The minimum atomic E-state index is -0.621. The third-order valence-corrected chi connectivity index (χ3v) is 3.69. The molecule has 0 spiro atoms. The fraction of sp³-hybridized carbons (Fsp3) is 0.111. The molecule has 6 heteroatoms. The number of halogens is 1. The summed E-state index contributed by atoms with van der Waals surface area (Å²) < 4.78 is 15.3. The van der Waals surface area contributed by atoms with Gasteiger partial charge in [-0.05, 0) is 35.9 Å². The van der Waals surface area contributed by atoms with Crippen molar-refractivity contribution in [2.45, 2.75) is 0 Å². The summed E-state index contributed by atoms with van der Waals surface area (Å²) in [6, 6.07) is 11.9. The van der Waals surface area contributed by atoms with Crippen LogP contribution in [-0.4, -0.2) is 25.2 Å². The molecule has 1 aliphatic heterocycles. The number of ether oxygens (including phenoxy) is 3. The number of rotatable bonds is 5. The summed E-state index contributed by atoms with van der Waals surface area (Å²) in [5, 5.41) is 0.526. The average Bonchev–Trinajstić information content (AvgIpc) is 3.06. The van der Waals surface area contributed by atoms with Gasteiger partial charge in [0.1, 0.15) is 0 Å². The summed E-state index contributed by atoms with van der Waals surface area (Å²) in [5.74, 6) is 0.147. The Kier molecular flexibility index (Phi) is 4.82. The number of esters is 1. The van der Waals surface area contributed by atoms with E-state index in [1.807, 2.05) is 0 Å². The van der Waals surface area contributed by atoms with Gasteiger partial charge in [-0.15, -0.1) is 0 Å². The first kappa shape index (κ1) is 16.1. The summed E-state index contributed by atoms with van der Waals surface area (Å²) in [7, 11) is 0. The SMILES string of the molecule is O=C(/C=C/c1ccccc1Cl)OCC(=O)c1ccc2c(c1)OCO2. The minimum Gasteiger partial charge on any atom is -0.454 e. The van der Waals surface area contributed by atoms with Crippen molar-refractivity contribution in [1.29, 1.82) is 0 Å². The van der Waals surface area contributed by atoms with Crippen LogP contribution in [0.5, 0.6) is 11.5 Å². The molecular weight excluding hydrogens is 332 g/mol. The number of carbonyl (C=O) groups is 2. The van der Waals surface area contributed by atoms with E-state index in [0.717, 1.165) is 0 Å². The molecule has 0 amide bonds. The van der Waals surface area contributed by atoms with Gasteiger partial charge >= 0.3 is 5.97 Å². The Bertz CT molecular complexity index is 813. The molecule has 1 aliphatic rings. The Morgan fingerprint density at radius 1 is 1.12 bits per heavy atom. The van der Waals surface area contributed by atoms with Gasteiger partial charge in [0, 0.05) is 16.7 Å². The van der Waals surface area contributed by atoms with E-state index in [4.69, 9.17) is 25.8 Å². The van der Waals surface area contributed by atoms with Crippen LogP contribution in [-0.2, 0) is 9.53 Å². The fourth-order valence-corrected chi connectivity index (χ4v) is 2.30. The largest absolute Gasteiger partial charge is 0.454 e. The van der Waals surface area contributed by atoms with Crippen molar-refractivity contribution in [3.63, 3.8) is 0 Å². The van der Waals surface area contributed by atoms with E-state index in [0.29, 0.717) is 27.6 Å². The van der Waals surface area contributed by atoms with Gasteiger partial charge in [0.25, 0.3) is 0 Å². The van der Waals surface area contributed by atoms with Gasteiger partial charge in [0.2, 0.25) is 6.79 Å². The smallest absolute Gasteiger partial charge is 0.331 e. The van der Waals surface area contributed by atoms with E-state index in [2.05, 4.69) is 0 Å². The normalized spacial score (nSPS) is 12.4. The molecule has 0 N–H and O–H groups in total. The number of benzene rings is 2. The summed E-state index contributed by atoms with van der Waals surface area (Å²) in [6.07, 6.45) is 2.77. The molecule has 5 nitrogen and oxygen atoms in total. The highest BCUT2D eigenvalue weighted by Crippen LogP contribution is 2.32. The molecule has 0 atom stereocenters. The van der Waals surface area contributed by atoms with Gasteiger partial charge in [-0.3, -0.25) is 4.79 Å². The van der Waals surface area contributed by atoms with Crippen LogP contribution in [0.15, 0.2) is 48.5 Å². The topological polar surface area (TPSA) is 61.8 Å². The Hall–Kier alpha value is -2.79. The van der Waals surface area contributed by atoms with Crippen LogP contribution in [0.2, 0.25) is 5.02 Å². The van der Waals surface area contributed by atoms with Crippen molar-refractivity contribution in [3.8, 4) is 11.5 Å². The van der Waals surface area contributed by atoms with Gasteiger partial charge in [-0.25, -0.2) is 4.79 Å². The first-order valence-corrected chi connectivity index (χ1v) is 7.53. The molecule has 0 fully saturated rings. The van der Waals surface area contributed by atoms with Gasteiger partial charge in [-0.1, -0.05) is 29.8 Å². The minimum absolute atomic E-state index is 0.134. The molecule has 24 heavy (non-hydrogen) atoms. The van der Waals surface area contributed by atoms with Gasteiger partial charge < -0.3 is 14.2 Å². The van der Waals surface area contributed by atoms with Crippen LogP contribution in [0.25, 0.3) is 6.08 Å². The number of ketones is 1. The van der Waals surface area contributed by atoms with Crippen LogP contribution >= 0.6 is 11.6 Å².